The van der Waals surface area contributed by atoms with Gasteiger partial charge in [-0.05, 0) is 43.5 Å². The van der Waals surface area contributed by atoms with Crippen LogP contribution < -0.4 is 19.4 Å². The topological polar surface area (TPSA) is 21.4 Å². The number of ether oxygens (including phenoxy) is 1. The van der Waals surface area contributed by atoms with Gasteiger partial charge in [0.1, 0.15) is 18.8 Å². The molecule has 0 radical (unpaired) electrons. The van der Waals surface area contributed by atoms with Crippen molar-refractivity contribution in [2.45, 2.75) is 19.3 Å². The molecule has 0 aromatic heterocycles. The van der Waals surface area contributed by atoms with Crippen LogP contribution in [0.4, 0.5) is 5.69 Å². The van der Waals surface area contributed by atoms with Gasteiger partial charge < -0.3 is 19.4 Å². The molecule has 1 aromatic rings. The van der Waals surface area contributed by atoms with E-state index in [2.05, 4.69) is 29.2 Å². The Balaban J connectivity index is 1.41. The monoisotopic (exact) mass is 305 g/mol. The fourth-order valence-corrected chi connectivity index (χ4v) is 3.78. The second-order valence-electron chi connectivity index (χ2n) is 6.75. The van der Waals surface area contributed by atoms with Gasteiger partial charge in [-0.3, -0.25) is 0 Å². The molecular weight excluding hydrogens is 274 g/mol. The molecule has 0 aliphatic carbocycles. The van der Waals surface area contributed by atoms with Crippen LogP contribution >= 0.6 is 0 Å². The maximum atomic E-state index is 5.24. The van der Waals surface area contributed by atoms with Crippen molar-refractivity contribution in [3.05, 3.63) is 24.3 Å². The Hall–Kier alpha value is -1.26. The number of benzene rings is 1. The summed E-state index contributed by atoms with van der Waals surface area (Å²) in [5.41, 5.74) is 1.33. The minimum atomic E-state index is 0.942. The maximum absolute atomic E-state index is 5.24. The third-order valence-corrected chi connectivity index (χ3v) is 5.30. The second kappa shape index (κ2) is 7.84. The molecule has 4 heteroatoms. The first-order valence-electron chi connectivity index (χ1n) is 8.91. The van der Waals surface area contributed by atoms with Crippen LogP contribution in [-0.2, 0) is 0 Å². The average Bonchev–Trinajstić information content (AvgIpc) is 2.61. The zero-order chi connectivity index (χ0) is 15.2. The molecule has 2 heterocycles. The van der Waals surface area contributed by atoms with Gasteiger partial charge >= 0.3 is 0 Å². The molecule has 0 unspecified atom stereocenters. The van der Waals surface area contributed by atoms with Crippen LogP contribution in [0.5, 0.6) is 5.75 Å². The van der Waals surface area contributed by atoms with E-state index in [1.54, 1.807) is 12.0 Å². The summed E-state index contributed by atoms with van der Waals surface area (Å²) in [5.74, 6) is 0.942. The van der Waals surface area contributed by atoms with Gasteiger partial charge in [0.15, 0.2) is 0 Å². The lowest BCUT2D eigenvalue weighted by atomic mass is 10.1. The molecule has 2 fully saturated rings. The molecule has 22 heavy (non-hydrogen) atoms. The normalized spacial score (nSPS) is 21.0. The molecule has 2 saturated heterocycles. The number of methoxy groups -OCH3 is 1. The molecule has 2 N–H and O–H groups in total. The molecule has 0 saturated carbocycles. The predicted molar refractivity (Wildman–Crippen MR) is 90.2 cm³/mol. The number of piperazine rings is 1. The SMILES string of the molecule is COc1ccc(N2CC[NH+](CC[NH+]3CCCCC3)CC2)cc1. The fraction of sp³-hybridized carbons (Fsp3) is 0.667. The Morgan fingerprint density at radius 1 is 0.864 bits per heavy atom. The summed E-state index contributed by atoms with van der Waals surface area (Å²) in [6.07, 6.45) is 4.34. The Morgan fingerprint density at radius 2 is 1.45 bits per heavy atom. The van der Waals surface area contributed by atoms with Gasteiger partial charge in [0, 0.05) is 5.69 Å². The van der Waals surface area contributed by atoms with Crippen molar-refractivity contribution < 1.29 is 14.5 Å². The summed E-state index contributed by atoms with van der Waals surface area (Å²) in [5, 5.41) is 0. The summed E-state index contributed by atoms with van der Waals surface area (Å²) in [7, 11) is 1.72. The first kappa shape index (κ1) is 15.6. The van der Waals surface area contributed by atoms with Crippen LogP contribution in [0.2, 0.25) is 0 Å². The second-order valence-corrected chi connectivity index (χ2v) is 6.75. The minimum Gasteiger partial charge on any atom is -0.497 e. The Bertz CT molecular complexity index is 434. The zero-order valence-corrected chi connectivity index (χ0v) is 13.9. The first-order valence-corrected chi connectivity index (χ1v) is 8.91. The number of hydrogen-bond donors (Lipinski definition) is 2. The lowest BCUT2D eigenvalue weighted by Crippen LogP contribution is -3.21. The Morgan fingerprint density at radius 3 is 2.05 bits per heavy atom. The first-order chi connectivity index (χ1) is 10.8. The number of nitrogens with one attached hydrogen (secondary N) is 2. The summed E-state index contributed by atoms with van der Waals surface area (Å²) >= 11 is 0. The molecule has 0 amide bonds. The Labute approximate surface area is 134 Å². The average molecular weight is 305 g/mol. The number of hydrogen-bond acceptors (Lipinski definition) is 2. The van der Waals surface area contributed by atoms with E-state index < -0.39 is 0 Å². The number of nitrogens with zero attached hydrogens (tertiary/aromatic N) is 1. The standard InChI is InChI=1S/C18H29N3O/c1-22-18-7-5-17(6-8-18)21-15-13-20(14-16-21)12-11-19-9-3-2-4-10-19/h5-8H,2-4,9-16H2,1H3/p+2. The van der Waals surface area contributed by atoms with E-state index in [1.165, 1.54) is 77.3 Å². The molecular formula is C18H31N3O+2. The van der Waals surface area contributed by atoms with Crippen LogP contribution in [0, 0.1) is 0 Å². The van der Waals surface area contributed by atoms with E-state index in [1.807, 2.05) is 4.90 Å². The van der Waals surface area contributed by atoms with E-state index in [4.69, 9.17) is 4.74 Å². The van der Waals surface area contributed by atoms with Crippen molar-refractivity contribution in [3.8, 4) is 5.75 Å². The molecule has 4 nitrogen and oxygen atoms in total. The number of likely N-dealkylation sites (tertiary alicyclic amines) is 1. The molecule has 2 aliphatic rings. The highest BCUT2D eigenvalue weighted by atomic mass is 16.5. The Kier molecular flexibility index (Phi) is 5.57. The van der Waals surface area contributed by atoms with Crippen LogP contribution in [0.1, 0.15) is 19.3 Å². The van der Waals surface area contributed by atoms with Crippen molar-refractivity contribution in [1.29, 1.82) is 0 Å². The van der Waals surface area contributed by atoms with E-state index in [0.717, 1.165) is 5.75 Å². The number of anilines is 1. The van der Waals surface area contributed by atoms with Crippen molar-refractivity contribution in [1.82, 2.24) is 0 Å². The maximum Gasteiger partial charge on any atom is 0.127 e. The smallest absolute Gasteiger partial charge is 0.127 e. The van der Waals surface area contributed by atoms with E-state index in [9.17, 15) is 0 Å². The van der Waals surface area contributed by atoms with Gasteiger partial charge in [0.2, 0.25) is 0 Å². The molecule has 0 spiro atoms. The zero-order valence-electron chi connectivity index (χ0n) is 13.9. The third kappa shape index (κ3) is 4.14. The predicted octanol–water partition coefficient (Wildman–Crippen LogP) is -0.531. The van der Waals surface area contributed by atoms with E-state index >= 15 is 0 Å². The van der Waals surface area contributed by atoms with Crippen molar-refractivity contribution in [2.24, 2.45) is 0 Å². The molecule has 1 aromatic carbocycles. The summed E-state index contributed by atoms with van der Waals surface area (Å²) in [6.45, 7) is 10.5. The summed E-state index contributed by atoms with van der Waals surface area (Å²) in [6, 6.07) is 8.49. The van der Waals surface area contributed by atoms with Crippen LogP contribution in [0.15, 0.2) is 24.3 Å². The number of rotatable bonds is 5. The highest BCUT2D eigenvalue weighted by Gasteiger charge is 2.22. The lowest BCUT2D eigenvalue weighted by Gasteiger charge is -2.34. The van der Waals surface area contributed by atoms with Crippen molar-refractivity contribution in [2.75, 3.05) is 64.4 Å². The van der Waals surface area contributed by atoms with Crippen molar-refractivity contribution in [3.63, 3.8) is 0 Å². The number of quaternary nitrogens is 2. The molecule has 0 bridgehead atoms. The van der Waals surface area contributed by atoms with E-state index in [0.29, 0.717) is 0 Å². The van der Waals surface area contributed by atoms with Crippen LogP contribution in [0.25, 0.3) is 0 Å². The molecule has 2 aliphatic heterocycles. The molecule has 0 atom stereocenters. The fourth-order valence-electron chi connectivity index (χ4n) is 3.78. The largest absolute Gasteiger partial charge is 0.497 e. The van der Waals surface area contributed by atoms with Gasteiger partial charge in [0.05, 0.1) is 46.4 Å². The van der Waals surface area contributed by atoms with Crippen molar-refractivity contribution >= 4 is 5.69 Å². The number of piperidine rings is 1. The summed E-state index contributed by atoms with van der Waals surface area (Å²) in [4.78, 5) is 6.15. The highest BCUT2D eigenvalue weighted by Crippen LogP contribution is 2.18. The van der Waals surface area contributed by atoms with Gasteiger partial charge in [-0.1, -0.05) is 0 Å². The third-order valence-electron chi connectivity index (χ3n) is 5.30. The quantitative estimate of drug-likeness (QED) is 0.763. The summed E-state index contributed by atoms with van der Waals surface area (Å²) < 4.78 is 5.24. The van der Waals surface area contributed by atoms with Gasteiger partial charge in [-0.25, -0.2) is 0 Å². The highest BCUT2D eigenvalue weighted by molar-refractivity contribution is 5.49. The van der Waals surface area contributed by atoms with Crippen LogP contribution in [0.3, 0.4) is 0 Å². The van der Waals surface area contributed by atoms with E-state index in [-0.39, 0.29) is 0 Å². The lowest BCUT2D eigenvalue weighted by molar-refractivity contribution is -0.959. The minimum absolute atomic E-state index is 0.942. The molecule has 122 valence electrons. The molecule has 3 rings (SSSR count). The van der Waals surface area contributed by atoms with Gasteiger partial charge in [0.25, 0.3) is 0 Å². The van der Waals surface area contributed by atoms with Gasteiger partial charge in [-0.15, -0.1) is 0 Å². The van der Waals surface area contributed by atoms with Gasteiger partial charge in [-0.2, -0.15) is 0 Å². The van der Waals surface area contributed by atoms with Crippen LogP contribution in [-0.4, -0.2) is 59.5 Å².